The molecule has 3 amide bonds. The standard InChI is InChI=1S/C28H30FN5O5/c1-32(2)17-8-10-33(11-9-17)22-7-6-19-18(30-22)12-21(39-19)28(13-23(35)31-27(28)37)15-34-14-16-4-5-20(38-3)25(29)24(16)26(34)36/h4-7,12,17H,8-11,13-15H2,1-3H3,(H,31,35,37)/t28-/m1/s1. The van der Waals surface area contributed by atoms with Crippen LogP contribution in [0.4, 0.5) is 10.2 Å². The van der Waals surface area contributed by atoms with Crippen LogP contribution in [0, 0.1) is 5.82 Å². The van der Waals surface area contributed by atoms with Crippen LogP contribution in [0.15, 0.2) is 34.7 Å². The maximum absolute atomic E-state index is 14.9. The normalized spacial score (nSPS) is 21.8. The number of methoxy groups -OCH3 is 1. The van der Waals surface area contributed by atoms with Gasteiger partial charge in [0, 0.05) is 38.3 Å². The van der Waals surface area contributed by atoms with Gasteiger partial charge in [-0.1, -0.05) is 6.07 Å². The molecule has 1 N–H and O–H groups in total. The number of hydrogen-bond donors (Lipinski definition) is 1. The second-order valence-corrected chi connectivity index (χ2v) is 10.8. The first-order valence-electron chi connectivity index (χ1n) is 13.0. The van der Waals surface area contributed by atoms with Gasteiger partial charge in [0.2, 0.25) is 11.8 Å². The van der Waals surface area contributed by atoms with Gasteiger partial charge in [0.05, 0.1) is 19.1 Å². The van der Waals surface area contributed by atoms with E-state index in [0.717, 1.165) is 31.7 Å². The fourth-order valence-corrected chi connectivity index (χ4v) is 5.99. The van der Waals surface area contributed by atoms with Crippen molar-refractivity contribution >= 4 is 34.6 Å². The molecule has 11 heteroatoms. The summed E-state index contributed by atoms with van der Waals surface area (Å²) in [4.78, 5) is 49.6. The number of ether oxygens (including phenoxy) is 1. The summed E-state index contributed by atoms with van der Waals surface area (Å²) in [6, 6.07) is 9.04. The maximum Gasteiger partial charge on any atom is 0.257 e. The van der Waals surface area contributed by atoms with E-state index in [1.54, 1.807) is 12.1 Å². The number of benzene rings is 1. The lowest BCUT2D eigenvalue weighted by molar-refractivity contribution is -0.127. The first-order chi connectivity index (χ1) is 18.7. The van der Waals surface area contributed by atoms with Gasteiger partial charge in [0.1, 0.15) is 22.5 Å². The summed E-state index contributed by atoms with van der Waals surface area (Å²) in [5.74, 6) is -1.28. The van der Waals surface area contributed by atoms with E-state index in [-0.39, 0.29) is 36.6 Å². The number of hydrogen-bond acceptors (Lipinski definition) is 8. The predicted octanol–water partition coefficient (Wildman–Crippen LogP) is 2.45. The zero-order valence-corrected chi connectivity index (χ0v) is 22.1. The Bertz CT molecular complexity index is 1490. The predicted molar refractivity (Wildman–Crippen MR) is 140 cm³/mol. The minimum atomic E-state index is -1.46. The third-order valence-corrected chi connectivity index (χ3v) is 8.24. The molecule has 0 spiro atoms. The highest BCUT2D eigenvalue weighted by atomic mass is 19.1. The first-order valence-corrected chi connectivity index (χ1v) is 13.0. The summed E-state index contributed by atoms with van der Waals surface area (Å²) in [6.45, 7) is 1.71. The van der Waals surface area contributed by atoms with Crippen LogP contribution in [0.3, 0.4) is 0 Å². The summed E-state index contributed by atoms with van der Waals surface area (Å²) < 4.78 is 26.1. The van der Waals surface area contributed by atoms with Crippen molar-refractivity contribution in [2.24, 2.45) is 0 Å². The molecule has 39 heavy (non-hydrogen) atoms. The number of furan rings is 1. The lowest BCUT2D eigenvalue weighted by Gasteiger charge is -2.35. The van der Waals surface area contributed by atoms with Crippen LogP contribution >= 0.6 is 0 Å². The largest absolute Gasteiger partial charge is 0.494 e. The Labute approximate surface area is 224 Å². The lowest BCUT2D eigenvalue weighted by Crippen LogP contribution is -2.46. The van der Waals surface area contributed by atoms with E-state index in [1.807, 2.05) is 12.1 Å². The minimum Gasteiger partial charge on any atom is -0.494 e. The van der Waals surface area contributed by atoms with E-state index in [1.165, 1.54) is 18.1 Å². The Balaban J connectivity index is 1.31. The van der Waals surface area contributed by atoms with E-state index >= 15 is 0 Å². The van der Waals surface area contributed by atoms with E-state index in [2.05, 4.69) is 29.2 Å². The number of halogens is 1. The van der Waals surface area contributed by atoms with Crippen LogP contribution in [-0.4, -0.2) is 79.4 Å². The van der Waals surface area contributed by atoms with E-state index in [9.17, 15) is 18.8 Å². The number of carbonyl (C=O) groups excluding carboxylic acids is 3. The van der Waals surface area contributed by atoms with Crippen molar-refractivity contribution in [3.63, 3.8) is 0 Å². The lowest BCUT2D eigenvalue weighted by atomic mass is 9.82. The van der Waals surface area contributed by atoms with Gasteiger partial charge in [-0.3, -0.25) is 19.7 Å². The number of anilines is 1. The summed E-state index contributed by atoms with van der Waals surface area (Å²) in [5.41, 5.74) is 0.00134. The van der Waals surface area contributed by atoms with Crippen molar-refractivity contribution in [2.45, 2.75) is 37.3 Å². The second kappa shape index (κ2) is 9.33. The number of nitrogens with zero attached hydrogens (tertiary/aromatic N) is 4. The van der Waals surface area contributed by atoms with E-state index in [0.29, 0.717) is 22.7 Å². The van der Waals surface area contributed by atoms with Crippen molar-refractivity contribution in [1.82, 2.24) is 20.1 Å². The molecule has 0 saturated carbocycles. The van der Waals surface area contributed by atoms with Gasteiger partial charge in [-0.05, 0) is 50.7 Å². The molecule has 2 saturated heterocycles. The quantitative estimate of drug-likeness (QED) is 0.480. The number of imide groups is 1. The second-order valence-electron chi connectivity index (χ2n) is 10.8. The van der Waals surface area contributed by atoms with Gasteiger partial charge in [0.25, 0.3) is 5.91 Å². The zero-order valence-electron chi connectivity index (χ0n) is 22.1. The zero-order chi connectivity index (χ0) is 27.5. The van der Waals surface area contributed by atoms with Crippen molar-refractivity contribution in [3.05, 3.63) is 53.0 Å². The van der Waals surface area contributed by atoms with Crippen molar-refractivity contribution in [3.8, 4) is 5.75 Å². The molecule has 0 bridgehead atoms. The summed E-state index contributed by atoms with van der Waals surface area (Å²) in [6.07, 6.45) is 1.88. The molecule has 6 rings (SSSR count). The molecule has 2 aromatic heterocycles. The maximum atomic E-state index is 14.9. The third-order valence-electron chi connectivity index (χ3n) is 8.24. The van der Waals surface area contributed by atoms with Crippen LogP contribution in [0.1, 0.15) is 40.9 Å². The molecule has 3 aromatic rings. The summed E-state index contributed by atoms with van der Waals surface area (Å²) in [7, 11) is 5.52. The van der Waals surface area contributed by atoms with Gasteiger partial charge in [-0.25, -0.2) is 9.37 Å². The molecule has 0 unspecified atom stereocenters. The Hall–Kier alpha value is -3.99. The summed E-state index contributed by atoms with van der Waals surface area (Å²) >= 11 is 0. The van der Waals surface area contributed by atoms with Crippen molar-refractivity contribution in [2.75, 3.05) is 45.7 Å². The Morgan fingerprint density at radius 3 is 2.62 bits per heavy atom. The highest BCUT2D eigenvalue weighted by Crippen LogP contribution is 2.40. The number of aromatic nitrogens is 1. The number of nitrogens with one attached hydrogen (secondary N) is 1. The Morgan fingerprint density at radius 2 is 1.95 bits per heavy atom. The van der Waals surface area contributed by atoms with Crippen molar-refractivity contribution < 1.29 is 27.9 Å². The molecular weight excluding hydrogens is 505 g/mol. The average molecular weight is 536 g/mol. The number of amides is 3. The topological polar surface area (TPSA) is 108 Å². The molecule has 5 heterocycles. The highest BCUT2D eigenvalue weighted by Gasteiger charge is 2.53. The minimum absolute atomic E-state index is 0.0300. The van der Waals surface area contributed by atoms with Crippen molar-refractivity contribution in [1.29, 1.82) is 0 Å². The number of carbonyl (C=O) groups is 3. The van der Waals surface area contributed by atoms with E-state index in [4.69, 9.17) is 14.1 Å². The van der Waals surface area contributed by atoms with Gasteiger partial charge in [-0.15, -0.1) is 0 Å². The fourth-order valence-electron chi connectivity index (χ4n) is 5.99. The highest BCUT2D eigenvalue weighted by molar-refractivity contribution is 6.10. The SMILES string of the molecule is COc1ccc2c(c1F)C(=O)N(C[C@@]1(c3cc4nc(N5CCC(N(C)C)CC5)ccc4o3)CC(=O)NC1=O)C2. The molecule has 0 radical (unpaired) electrons. The molecule has 3 aliphatic heterocycles. The van der Waals surface area contributed by atoms with Crippen LogP contribution < -0.4 is 15.0 Å². The monoisotopic (exact) mass is 535 g/mol. The fraction of sp³-hybridized carbons (Fsp3) is 0.429. The number of fused-ring (bicyclic) bond motifs is 2. The van der Waals surface area contributed by atoms with Crippen LogP contribution in [0.25, 0.3) is 11.1 Å². The average Bonchev–Trinajstić information content (AvgIpc) is 3.57. The smallest absolute Gasteiger partial charge is 0.257 e. The molecule has 3 aliphatic rings. The van der Waals surface area contributed by atoms with Gasteiger partial charge in [-0.2, -0.15) is 0 Å². The molecule has 1 atom stereocenters. The third kappa shape index (κ3) is 4.12. The Morgan fingerprint density at radius 1 is 1.18 bits per heavy atom. The van der Waals surface area contributed by atoms with Gasteiger partial charge < -0.3 is 23.9 Å². The molecule has 0 aliphatic carbocycles. The number of rotatable bonds is 6. The van der Waals surface area contributed by atoms with Gasteiger partial charge >= 0.3 is 0 Å². The van der Waals surface area contributed by atoms with Crippen LogP contribution in [0.5, 0.6) is 5.75 Å². The number of pyridine rings is 1. The summed E-state index contributed by atoms with van der Waals surface area (Å²) in [5, 5.41) is 2.36. The van der Waals surface area contributed by atoms with Crippen LogP contribution in [0.2, 0.25) is 0 Å². The molecule has 204 valence electrons. The van der Waals surface area contributed by atoms with Crippen LogP contribution in [-0.2, 0) is 21.5 Å². The van der Waals surface area contributed by atoms with Gasteiger partial charge in [0.15, 0.2) is 17.1 Å². The molecular formula is C28H30FN5O5. The molecule has 1 aromatic carbocycles. The molecule has 10 nitrogen and oxygen atoms in total. The Kier molecular flexibility index (Phi) is 6.05. The van der Waals surface area contributed by atoms with E-state index < -0.39 is 29.0 Å². The number of piperidine rings is 1. The first kappa shape index (κ1) is 25.3. The molecule has 2 fully saturated rings.